The van der Waals surface area contributed by atoms with Gasteiger partial charge in [-0.05, 0) is 18.2 Å². The highest BCUT2D eigenvalue weighted by Crippen LogP contribution is 2.15. The number of aromatic nitrogens is 2. The number of halogens is 1. The molecule has 1 heterocycles. The Balaban J connectivity index is 2.67. The molecular formula is C8H6IN3. The van der Waals surface area contributed by atoms with Crippen molar-refractivity contribution in [2.45, 2.75) is 0 Å². The van der Waals surface area contributed by atoms with E-state index in [1.54, 1.807) is 12.4 Å². The number of hydrogen-bond acceptors (Lipinski definition) is 3. The summed E-state index contributed by atoms with van der Waals surface area (Å²) in [5.41, 5.74) is 2.88. The van der Waals surface area contributed by atoms with Gasteiger partial charge in [-0.1, -0.05) is 0 Å². The van der Waals surface area contributed by atoms with Gasteiger partial charge in [0.1, 0.15) is 0 Å². The molecule has 2 rings (SSSR count). The van der Waals surface area contributed by atoms with Crippen LogP contribution in [0, 0.1) is 0 Å². The van der Waals surface area contributed by atoms with E-state index in [0.717, 1.165) is 16.7 Å². The van der Waals surface area contributed by atoms with Crippen LogP contribution >= 0.6 is 22.9 Å². The Bertz CT molecular complexity index is 402. The molecule has 0 bridgehead atoms. The van der Waals surface area contributed by atoms with Gasteiger partial charge in [0.2, 0.25) is 0 Å². The summed E-state index contributed by atoms with van der Waals surface area (Å²) in [4.78, 5) is 8.35. The molecule has 0 fully saturated rings. The van der Waals surface area contributed by atoms with Gasteiger partial charge in [0.25, 0.3) is 0 Å². The van der Waals surface area contributed by atoms with E-state index >= 15 is 0 Å². The largest absolute Gasteiger partial charge is 0.328 e. The number of hydrogen-bond donors (Lipinski definition) is 1. The minimum Gasteiger partial charge on any atom is -0.328 e. The van der Waals surface area contributed by atoms with Gasteiger partial charge in [-0.15, -0.1) is 0 Å². The molecule has 0 spiro atoms. The van der Waals surface area contributed by atoms with E-state index in [4.69, 9.17) is 0 Å². The molecular weight excluding hydrogens is 265 g/mol. The van der Waals surface area contributed by atoms with Crippen LogP contribution in [-0.2, 0) is 0 Å². The summed E-state index contributed by atoms with van der Waals surface area (Å²) in [5.74, 6) is 0. The van der Waals surface area contributed by atoms with Crippen LogP contribution in [0.5, 0.6) is 0 Å². The van der Waals surface area contributed by atoms with Gasteiger partial charge >= 0.3 is 0 Å². The van der Waals surface area contributed by atoms with Gasteiger partial charge in [0.05, 0.1) is 33.9 Å². The summed E-state index contributed by atoms with van der Waals surface area (Å²) in [6, 6.07) is 5.89. The summed E-state index contributed by atoms with van der Waals surface area (Å²) >= 11 is 2.09. The predicted octanol–water partition coefficient (Wildman–Crippen LogP) is 2.39. The normalized spacial score (nSPS) is 10.1. The molecule has 0 amide bonds. The Morgan fingerprint density at radius 1 is 1.08 bits per heavy atom. The van der Waals surface area contributed by atoms with Crippen molar-refractivity contribution in [1.82, 2.24) is 9.97 Å². The molecule has 0 aliphatic rings. The average molecular weight is 271 g/mol. The third-order valence-electron chi connectivity index (χ3n) is 1.58. The fourth-order valence-corrected chi connectivity index (χ4v) is 1.36. The van der Waals surface area contributed by atoms with Gasteiger partial charge in [-0.2, -0.15) is 0 Å². The number of benzene rings is 1. The first-order valence-corrected chi connectivity index (χ1v) is 4.55. The summed E-state index contributed by atoms with van der Waals surface area (Å²) in [5, 5.41) is 0. The topological polar surface area (TPSA) is 37.8 Å². The molecule has 60 valence electrons. The zero-order valence-corrected chi connectivity index (χ0v) is 8.32. The van der Waals surface area contributed by atoms with Gasteiger partial charge < -0.3 is 3.53 Å². The Morgan fingerprint density at radius 3 is 2.58 bits per heavy atom. The van der Waals surface area contributed by atoms with Crippen molar-refractivity contribution in [2.24, 2.45) is 0 Å². The Morgan fingerprint density at radius 2 is 1.83 bits per heavy atom. The monoisotopic (exact) mass is 271 g/mol. The third kappa shape index (κ3) is 1.34. The minimum atomic E-state index is 0.916. The van der Waals surface area contributed by atoms with E-state index < -0.39 is 0 Å². The molecule has 1 aromatic heterocycles. The van der Waals surface area contributed by atoms with Crippen LogP contribution in [0.4, 0.5) is 5.69 Å². The summed E-state index contributed by atoms with van der Waals surface area (Å²) in [6.45, 7) is 0. The van der Waals surface area contributed by atoms with Crippen LogP contribution in [-0.4, -0.2) is 9.97 Å². The minimum absolute atomic E-state index is 0.916. The highest BCUT2D eigenvalue weighted by Gasteiger charge is 1.95. The van der Waals surface area contributed by atoms with Crippen LogP contribution in [0.2, 0.25) is 0 Å². The molecule has 12 heavy (non-hydrogen) atoms. The maximum absolute atomic E-state index is 4.18. The average Bonchev–Trinajstić information content (AvgIpc) is 2.17. The highest BCUT2D eigenvalue weighted by atomic mass is 127. The van der Waals surface area contributed by atoms with Gasteiger partial charge in [-0.25, -0.2) is 0 Å². The highest BCUT2D eigenvalue weighted by molar-refractivity contribution is 14.1. The number of nitrogens with one attached hydrogen (secondary N) is 1. The smallest absolute Gasteiger partial charge is 0.0907 e. The van der Waals surface area contributed by atoms with Crippen LogP contribution in [0.15, 0.2) is 30.6 Å². The lowest BCUT2D eigenvalue weighted by atomic mass is 10.3. The molecule has 0 saturated carbocycles. The van der Waals surface area contributed by atoms with Crippen molar-refractivity contribution in [3.8, 4) is 0 Å². The fraction of sp³-hybridized carbons (Fsp3) is 0. The summed E-state index contributed by atoms with van der Waals surface area (Å²) in [6.07, 6.45) is 3.39. The summed E-state index contributed by atoms with van der Waals surface area (Å²) in [7, 11) is 0. The van der Waals surface area contributed by atoms with Crippen molar-refractivity contribution in [3.63, 3.8) is 0 Å². The van der Waals surface area contributed by atoms with E-state index in [1.165, 1.54) is 0 Å². The second-order valence-corrected chi connectivity index (χ2v) is 2.89. The molecule has 0 radical (unpaired) electrons. The third-order valence-corrected chi connectivity index (χ3v) is 2.20. The molecule has 0 saturated heterocycles. The quantitative estimate of drug-likeness (QED) is 0.639. The molecule has 0 aliphatic carbocycles. The maximum Gasteiger partial charge on any atom is 0.0907 e. The van der Waals surface area contributed by atoms with Crippen molar-refractivity contribution in [3.05, 3.63) is 30.6 Å². The van der Waals surface area contributed by atoms with E-state index in [2.05, 4.69) is 36.4 Å². The molecule has 1 N–H and O–H groups in total. The molecule has 3 nitrogen and oxygen atoms in total. The number of rotatable bonds is 1. The zero-order valence-electron chi connectivity index (χ0n) is 6.16. The van der Waals surface area contributed by atoms with Crippen LogP contribution < -0.4 is 3.53 Å². The van der Waals surface area contributed by atoms with Gasteiger partial charge in [0, 0.05) is 18.1 Å². The lowest BCUT2D eigenvalue weighted by molar-refractivity contribution is 1.30. The Labute approximate surface area is 83.7 Å². The van der Waals surface area contributed by atoms with Crippen LogP contribution in [0.25, 0.3) is 11.0 Å². The lowest BCUT2D eigenvalue weighted by Gasteiger charge is -1.98. The molecule has 0 unspecified atom stereocenters. The standard InChI is InChI=1S/C8H6IN3/c9-12-6-1-2-7-8(5-6)11-4-3-10-7/h1-5,12H. The molecule has 2 aromatic rings. The fourth-order valence-electron chi connectivity index (χ4n) is 1.02. The number of anilines is 1. The van der Waals surface area contributed by atoms with Crippen molar-refractivity contribution >= 4 is 39.6 Å². The van der Waals surface area contributed by atoms with Crippen molar-refractivity contribution in [2.75, 3.05) is 3.53 Å². The summed E-state index contributed by atoms with van der Waals surface area (Å²) < 4.78 is 3.02. The van der Waals surface area contributed by atoms with Crippen LogP contribution in [0.1, 0.15) is 0 Å². The molecule has 4 heteroatoms. The first kappa shape index (κ1) is 7.72. The first-order chi connectivity index (χ1) is 5.90. The Hall–Kier alpha value is -0.910. The molecule has 0 aliphatic heterocycles. The van der Waals surface area contributed by atoms with Crippen molar-refractivity contribution in [1.29, 1.82) is 0 Å². The molecule has 0 atom stereocenters. The lowest BCUT2D eigenvalue weighted by Crippen LogP contribution is -1.84. The number of nitrogens with zero attached hydrogens (tertiary/aromatic N) is 2. The second kappa shape index (κ2) is 3.22. The number of fused-ring (bicyclic) bond motifs is 1. The van der Waals surface area contributed by atoms with E-state index in [9.17, 15) is 0 Å². The molecule has 1 aromatic carbocycles. The first-order valence-electron chi connectivity index (χ1n) is 3.47. The maximum atomic E-state index is 4.18. The Kier molecular flexibility index (Phi) is 2.07. The SMILES string of the molecule is INc1ccc2nccnc2c1. The van der Waals surface area contributed by atoms with E-state index in [-0.39, 0.29) is 0 Å². The zero-order chi connectivity index (χ0) is 8.39. The van der Waals surface area contributed by atoms with Crippen LogP contribution in [0.3, 0.4) is 0 Å². The second-order valence-electron chi connectivity index (χ2n) is 2.35. The van der Waals surface area contributed by atoms with E-state index in [0.29, 0.717) is 0 Å². The van der Waals surface area contributed by atoms with Gasteiger partial charge in [-0.3, -0.25) is 9.97 Å². The predicted molar refractivity (Wildman–Crippen MR) is 57.2 cm³/mol. The van der Waals surface area contributed by atoms with Gasteiger partial charge in [0.15, 0.2) is 0 Å². The van der Waals surface area contributed by atoms with Crippen molar-refractivity contribution < 1.29 is 0 Å². The van der Waals surface area contributed by atoms with E-state index in [1.807, 2.05) is 18.2 Å².